The Hall–Kier alpha value is -3.20. The lowest BCUT2D eigenvalue weighted by Crippen LogP contribution is -2.40. The van der Waals surface area contributed by atoms with Gasteiger partial charge in [-0.25, -0.2) is 15.0 Å². The van der Waals surface area contributed by atoms with E-state index < -0.39 is 11.7 Å². The monoisotopic (exact) mass is 487 g/mol. The van der Waals surface area contributed by atoms with Gasteiger partial charge in [0.25, 0.3) is 5.91 Å². The highest BCUT2D eigenvalue weighted by molar-refractivity contribution is 6.31. The van der Waals surface area contributed by atoms with E-state index in [0.717, 1.165) is 37.6 Å². The van der Waals surface area contributed by atoms with Crippen LogP contribution in [0.15, 0.2) is 55.0 Å². The highest BCUT2D eigenvalue weighted by Gasteiger charge is 2.53. The van der Waals surface area contributed by atoms with E-state index in [1.807, 2.05) is 0 Å². The van der Waals surface area contributed by atoms with Crippen LogP contribution in [-0.2, 0) is 6.18 Å². The van der Waals surface area contributed by atoms with Crippen molar-refractivity contribution < 1.29 is 18.0 Å². The summed E-state index contributed by atoms with van der Waals surface area (Å²) >= 11 is 6.23. The summed E-state index contributed by atoms with van der Waals surface area (Å²) in [5.41, 5.74) is 0.289. The molecule has 2 aromatic heterocycles. The second-order valence-electron chi connectivity index (χ2n) is 8.86. The van der Waals surface area contributed by atoms with Gasteiger partial charge in [-0.3, -0.25) is 4.79 Å². The predicted molar refractivity (Wildman–Crippen MR) is 121 cm³/mol. The Kier molecular flexibility index (Phi) is 5.67. The molecule has 0 radical (unpaired) electrons. The first-order valence-electron chi connectivity index (χ1n) is 10.9. The molecule has 2 aliphatic rings. The Morgan fingerprint density at radius 3 is 2.59 bits per heavy atom. The van der Waals surface area contributed by atoms with Crippen LogP contribution < -0.4 is 5.32 Å². The zero-order valence-corrected chi connectivity index (χ0v) is 18.8. The van der Waals surface area contributed by atoms with Crippen LogP contribution in [0.4, 0.5) is 19.0 Å². The van der Waals surface area contributed by atoms with E-state index in [-0.39, 0.29) is 23.2 Å². The molecule has 176 valence electrons. The van der Waals surface area contributed by atoms with Gasteiger partial charge in [0.05, 0.1) is 11.1 Å². The van der Waals surface area contributed by atoms with E-state index in [0.29, 0.717) is 35.1 Å². The highest BCUT2D eigenvalue weighted by Crippen LogP contribution is 2.55. The topological polar surface area (TPSA) is 71.0 Å². The lowest BCUT2D eigenvalue weighted by molar-refractivity contribution is -0.137. The minimum Gasteiger partial charge on any atom is -0.368 e. The summed E-state index contributed by atoms with van der Waals surface area (Å²) in [5.74, 6) is 0.350. The van der Waals surface area contributed by atoms with Gasteiger partial charge in [0.1, 0.15) is 5.82 Å². The van der Waals surface area contributed by atoms with Gasteiger partial charge in [-0.05, 0) is 61.1 Å². The molecule has 10 heteroatoms. The number of pyridine rings is 1. The van der Waals surface area contributed by atoms with E-state index in [9.17, 15) is 18.0 Å². The maximum absolute atomic E-state index is 13.7. The van der Waals surface area contributed by atoms with Crippen LogP contribution in [0.25, 0.3) is 11.4 Å². The lowest BCUT2D eigenvalue weighted by Gasteiger charge is -2.26. The molecule has 34 heavy (non-hydrogen) atoms. The molecule has 5 rings (SSSR count). The van der Waals surface area contributed by atoms with E-state index >= 15 is 0 Å². The summed E-state index contributed by atoms with van der Waals surface area (Å²) in [5, 5.41) is 3.43. The fraction of sp³-hybridized carbons (Fsp3) is 0.333. The van der Waals surface area contributed by atoms with Crippen LogP contribution >= 0.6 is 11.6 Å². The molecule has 1 saturated carbocycles. The van der Waals surface area contributed by atoms with Gasteiger partial charge < -0.3 is 10.2 Å². The Balaban J connectivity index is 1.40. The number of benzene rings is 1. The van der Waals surface area contributed by atoms with Gasteiger partial charge >= 0.3 is 6.18 Å². The van der Waals surface area contributed by atoms with Crippen LogP contribution in [0.5, 0.6) is 0 Å². The Morgan fingerprint density at radius 1 is 1.12 bits per heavy atom. The predicted octanol–water partition coefficient (Wildman–Crippen LogP) is 5.32. The van der Waals surface area contributed by atoms with Gasteiger partial charge in [0.2, 0.25) is 0 Å². The van der Waals surface area contributed by atoms with Crippen LogP contribution in [-0.4, -0.2) is 44.9 Å². The largest absolute Gasteiger partial charge is 0.416 e. The molecule has 1 spiro atoms. The normalized spacial score (nSPS) is 18.8. The fourth-order valence-corrected chi connectivity index (χ4v) is 4.70. The van der Waals surface area contributed by atoms with Gasteiger partial charge in [0.15, 0.2) is 5.82 Å². The minimum atomic E-state index is -4.45. The maximum atomic E-state index is 13.7. The van der Waals surface area contributed by atoms with Crippen molar-refractivity contribution in [3.63, 3.8) is 0 Å². The number of aromatic nitrogens is 3. The first-order chi connectivity index (χ1) is 16.2. The van der Waals surface area contributed by atoms with Crippen molar-refractivity contribution in [3.8, 4) is 11.4 Å². The number of rotatable bonds is 5. The maximum Gasteiger partial charge on any atom is 0.416 e. The molecule has 1 amide bonds. The first kappa shape index (κ1) is 22.6. The second-order valence-corrected chi connectivity index (χ2v) is 9.30. The zero-order valence-electron chi connectivity index (χ0n) is 18.0. The van der Waals surface area contributed by atoms with E-state index in [4.69, 9.17) is 11.6 Å². The van der Waals surface area contributed by atoms with Crippen LogP contribution in [0, 0.1) is 5.41 Å². The molecule has 1 aliphatic carbocycles. The third-order valence-electron chi connectivity index (χ3n) is 6.46. The second kappa shape index (κ2) is 8.54. The Bertz CT molecular complexity index is 1220. The SMILES string of the molecule is O=C(c1cc(Cl)ccc1-c1ncccn1)N1CC2(CC2)CC1CNc1cc(C(F)(F)F)ccn1. The summed E-state index contributed by atoms with van der Waals surface area (Å²) < 4.78 is 39.2. The Morgan fingerprint density at radius 2 is 1.88 bits per heavy atom. The molecular weight excluding hydrogens is 467 g/mol. The molecule has 1 unspecified atom stereocenters. The van der Waals surface area contributed by atoms with E-state index in [1.54, 1.807) is 41.6 Å². The summed E-state index contributed by atoms with van der Waals surface area (Å²) in [6, 6.07) is 8.45. The van der Waals surface area contributed by atoms with Crippen LogP contribution in [0.2, 0.25) is 5.02 Å². The standard InChI is InChI=1S/C24H21ClF3N5O/c25-16-2-3-18(21-30-7-1-8-31-21)19(11-16)22(34)33-14-23(5-6-23)12-17(33)13-32-20-10-15(4-9-29-20)24(26,27)28/h1-4,7-11,17H,5-6,12-14H2,(H,29,32). The van der Waals surface area contributed by atoms with Crippen molar-refractivity contribution in [1.82, 2.24) is 19.9 Å². The van der Waals surface area contributed by atoms with Gasteiger partial charge in [-0.15, -0.1) is 0 Å². The first-order valence-corrected chi connectivity index (χ1v) is 11.3. The summed E-state index contributed by atoms with van der Waals surface area (Å²) in [4.78, 5) is 28.1. The van der Waals surface area contributed by atoms with Crippen molar-refractivity contribution in [2.45, 2.75) is 31.5 Å². The van der Waals surface area contributed by atoms with Crippen molar-refractivity contribution in [2.24, 2.45) is 5.41 Å². The van der Waals surface area contributed by atoms with Crippen molar-refractivity contribution in [3.05, 3.63) is 71.1 Å². The number of carbonyl (C=O) groups excluding carboxylic acids is 1. The number of hydrogen-bond donors (Lipinski definition) is 1. The van der Waals surface area contributed by atoms with Crippen LogP contribution in [0.3, 0.4) is 0 Å². The smallest absolute Gasteiger partial charge is 0.368 e. The molecule has 6 nitrogen and oxygen atoms in total. The molecule has 1 N–H and O–H groups in total. The van der Waals surface area contributed by atoms with Crippen LogP contribution in [0.1, 0.15) is 35.2 Å². The van der Waals surface area contributed by atoms with E-state index in [2.05, 4.69) is 20.3 Å². The summed E-state index contributed by atoms with van der Waals surface area (Å²) in [6.45, 7) is 0.884. The molecule has 0 bridgehead atoms. The average Bonchev–Trinajstić information content (AvgIpc) is 3.48. The number of anilines is 1. The van der Waals surface area contributed by atoms with Gasteiger partial charge in [0, 0.05) is 48.3 Å². The molecule has 3 aromatic rings. The average molecular weight is 488 g/mol. The zero-order chi connectivity index (χ0) is 23.9. The fourth-order valence-electron chi connectivity index (χ4n) is 4.53. The molecule has 1 aliphatic heterocycles. The van der Waals surface area contributed by atoms with Gasteiger partial charge in [-0.1, -0.05) is 11.6 Å². The Labute approximate surface area is 199 Å². The number of carbonyl (C=O) groups is 1. The molecular formula is C24H21ClF3N5O. The minimum absolute atomic E-state index is 0.0746. The lowest BCUT2D eigenvalue weighted by atomic mass is 10.0. The van der Waals surface area contributed by atoms with Crippen molar-refractivity contribution in [2.75, 3.05) is 18.4 Å². The number of alkyl halides is 3. The number of halogens is 4. The van der Waals surface area contributed by atoms with Crippen molar-refractivity contribution in [1.29, 1.82) is 0 Å². The highest BCUT2D eigenvalue weighted by atomic mass is 35.5. The number of hydrogen-bond acceptors (Lipinski definition) is 5. The third-order valence-corrected chi connectivity index (χ3v) is 6.69. The third kappa shape index (κ3) is 4.57. The summed E-state index contributed by atoms with van der Waals surface area (Å²) in [7, 11) is 0. The molecule has 1 saturated heterocycles. The number of likely N-dealkylation sites (tertiary alicyclic amines) is 1. The molecule has 1 aromatic carbocycles. The number of nitrogens with one attached hydrogen (secondary N) is 1. The number of nitrogens with zero attached hydrogens (tertiary/aromatic N) is 4. The number of amides is 1. The molecule has 3 heterocycles. The summed E-state index contributed by atoms with van der Waals surface area (Å²) in [6.07, 6.45) is 2.73. The molecule has 2 fully saturated rings. The molecule has 1 atom stereocenters. The van der Waals surface area contributed by atoms with Crippen molar-refractivity contribution >= 4 is 23.3 Å². The quantitative estimate of drug-likeness (QED) is 0.527. The van der Waals surface area contributed by atoms with E-state index in [1.165, 1.54) is 0 Å². The van der Waals surface area contributed by atoms with Gasteiger partial charge in [-0.2, -0.15) is 13.2 Å².